The van der Waals surface area contributed by atoms with Gasteiger partial charge in [-0.1, -0.05) is 30.3 Å². The van der Waals surface area contributed by atoms with Gasteiger partial charge in [0.15, 0.2) is 6.61 Å². The Bertz CT molecular complexity index is 871. The molecule has 29 heavy (non-hydrogen) atoms. The first-order valence-electron chi connectivity index (χ1n) is 9.15. The molecule has 0 fully saturated rings. The van der Waals surface area contributed by atoms with Gasteiger partial charge in [-0.25, -0.2) is 0 Å². The van der Waals surface area contributed by atoms with Gasteiger partial charge in [0.1, 0.15) is 5.75 Å². The Kier molecular flexibility index (Phi) is 8.54. The third kappa shape index (κ3) is 7.50. The second kappa shape index (κ2) is 11.1. The molecule has 154 valence electrons. The van der Waals surface area contributed by atoms with E-state index >= 15 is 0 Å². The maximum absolute atomic E-state index is 12.4. The van der Waals surface area contributed by atoms with Gasteiger partial charge >= 0.3 is 0 Å². The minimum Gasteiger partial charge on any atom is -0.483 e. The minimum atomic E-state index is -0.483. The van der Waals surface area contributed by atoms with Crippen LogP contribution in [0.4, 0.5) is 0 Å². The van der Waals surface area contributed by atoms with Gasteiger partial charge in [-0.05, 0) is 44.5 Å². The summed E-state index contributed by atoms with van der Waals surface area (Å²) in [5.41, 5.74) is 6.00. The van der Waals surface area contributed by atoms with Crippen molar-refractivity contribution in [2.45, 2.75) is 31.7 Å². The number of rotatable bonds is 8. The SMILES string of the molecule is Cc1ccccc1OCC(=O)NNC(=O)c1ccccc1SCC(=O)NC(C)C. The number of benzene rings is 2. The van der Waals surface area contributed by atoms with Crippen LogP contribution in [0, 0.1) is 6.92 Å². The number of hydrogen-bond donors (Lipinski definition) is 3. The summed E-state index contributed by atoms with van der Waals surface area (Å²) in [6.45, 7) is 5.42. The van der Waals surface area contributed by atoms with E-state index in [1.165, 1.54) is 11.8 Å². The standard InChI is InChI=1S/C21H25N3O4S/c1-14(2)22-20(26)13-29-18-11-7-5-9-16(18)21(27)24-23-19(25)12-28-17-10-6-4-8-15(17)3/h4-11,14H,12-13H2,1-3H3,(H,22,26)(H,23,25)(H,24,27). The Labute approximate surface area is 174 Å². The molecule has 0 saturated heterocycles. The number of hydrazine groups is 1. The van der Waals surface area contributed by atoms with Gasteiger partial charge in [-0.15, -0.1) is 11.8 Å². The van der Waals surface area contributed by atoms with Gasteiger partial charge in [0.2, 0.25) is 5.91 Å². The zero-order chi connectivity index (χ0) is 21.2. The molecule has 0 spiro atoms. The van der Waals surface area contributed by atoms with Crippen LogP contribution in [0.25, 0.3) is 0 Å². The van der Waals surface area contributed by atoms with E-state index in [0.29, 0.717) is 16.2 Å². The van der Waals surface area contributed by atoms with Gasteiger partial charge in [-0.3, -0.25) is 25.2 Å². The Balaban J connectivity index is 1.86. The molecule has 3 amide bonds. The van der Waals surface area contributed by atoms with Crippen molar-refractivity contribution in [3.63, 3.8) is 0 Å². The number of para-hydroxylation sites is 1. The predicted octanol–water partition coefficient (Wildman–Crippen LogP) is 2.45. The first-order chi connectivity index (χ1) is 13.9. The van der Waals surface area contributed by atoms with Crippen molar-refractivity contribution < 1.29 is 19.1 Å². The van der Waals surface area contributed by atoms with E-state index in [1.54, 1.807) is 30.3 Å². The zero-order valence-corrected chi connectivity index (χ0v) is 17.5. The fourth-order valence-electron chi connectivity index (χ4n) is 2.38. The Morgan fingerprint density at radius 2 is 1.66 bits per heavy atom. The summed E-state index contributed by atoms with van der Waals surface area (Å²) in [6, 6.07) is 14.3. The molecule has 2 rings (SSSR count). The lowest BCUT2D eigenvalue weighted by molar-refractivity contribution is -0.124. The number of aryl methyl sites for hydroxylation is 1. The van der Waals surface area contributed by atoms with E-state index in [9.17, 15) is 14.4 Å². The fraction of sp³-hybridized carbons (Fsp3) is 0.286. The van der Waals surface area contributed by atoms with E-state index in [-0.39, 0.29) is 24.3 Å². The third-order valence-electron chi connectivity index (χ3n) is 3.71. The van der Waals surface area contributed by atoms with E-state index in [0.717, 1.165) is 5.56 Å². The van der Waals surface area contributed by atoms with Crippen LogP contribution in [-0.4, -0.2) is 36.1 Å². The van der Waals surface area contributed by atoms with Crippen LogP contribution in [0.5, 0.6) is 5.75 Å². The van der Waals surface area contributed by atoms with Crippen LogP contribution < -0.4 is 20.9 Å². The maximum atomic E-state index is 12.4. The summed E-state index contributed by atoms with van der Waals surface area (Å²) in [7, 11) is 0. The van der Waals surface area contributed by atoms with Gasteiger partial charge in [-0.2, -0.15) is 0 Å². The van der Waals surface area contributed by atoms with E-state index in [1.807, 2.05) is 39.0 Å². The number of nitrogens with one attached hydrogen (secondary N) is 3. The van der Waals surface area contributed by atoms with Crippen LogP contribution in [0.15, 0.2) is 53.4 Å². The summed E-state index contributed by atoms with van der Waals surface area (Å²) in [4.78, 5) is 36.9. The molecule has 0 aromatic heterocycles. The van der Waals surface area contributed by atoms with Crippen LogP contribution in [0.1, 0.15) is 29.8 Å². The highest BCUT2D eigenvalue weighted by atomic mass is 32.2. The van der Waals surface area contributed by atoms with Crippen molar-refractivity contribution in [2.24, 2.45) is 0 Å². The summed E-state index contributed by atoms with van der Waals surface area (Å²) in [6.07, 6.45) is 0. The lowest BCUT2D eigenvalue weighted by atomic mass is 10.2. The van der Waals surface area contributed by atoms with Crippen LogP contribution in [0.3, 0.4) is 0 Å². The molecule has 0 aliphatic heterocycles. The van der Waals surface area contributed by atoms with E-state index in [4.69, 9.17) is 4.74 Å². The average molecular weight is 416 g/mol. The lowest BCUT2D eigenvalue weighted by Gasteiger charge is -2.12. The molecule has 0 aliphatic rings. The highest BCUT2D eigenvalue weighted by molar-refractivity contribution is 8.00. The Hall–Kier alpha value is -3.00. The van der Waals surface area contributed by atoms with E-state index in [2.05, 4.69) is 16.2 Å². The monoisotopic (exact) mass is 415 g/mol. The molecule has 0 unspecified atom stereocenters. The summed E-state index contributed by atoms with van der Waals surface area (Å²) in [5, 5.41) is 2.80. The van der Waals surface area contributed by atoms with Crippen molar-refractivity contribution >= 4 is 29.5 Å². The molecule has 2 aromatic carbocycles. The quantitative estimate of drug-likeness (QED) is 0.455. The number of carbonyl (C=O) groups is 3. The number of amides is 3. The number of ether oxygens (including phenoxy) is 1. The second-order valence-corrected chi connectivity index (χ2v) is 7.58. The predicted molar refractivity (Wildman–Crippen MR) is 113 cm³/mol. The fourth-order valence-corrected chi connectivity index (χ4v) is 3.24. The second-order valence-electron chi connectivity index (χ2n) is 6.56. The van der Waals surface area contributed by atoms with Crippen LogP contribution >= 0.6 is 11.8 Å². The van der Waals surface area contributed by atoms with Crippen LogP contribution in [0.2, 0.25) is 0 Å². The molecule has 7 nitrogen and oxygen atoms in total. The maximum Gasteiger partial charge on any atom is 0.276 e. The molecule has 8 heteroatoms. The third-order valence-corrected chi connectivity index (χ3v) is 4.78. The molecule has 0 radical (unpaired) electrons. The van der Waals surface area contributed by atoms with Gasteiger partial charge < -0.3 is 10.1 Å². The first-order valence-corrected chi connectivity index (χ1v) is 10.1. The molecular formula is C21H25N3O4S. The smallest absolute Gasteiger partial charge is 0.276 e. The average Bonchev–Trinajstić information content (AvgIpc) is 2.69. The largest absolute Gasteiger partial charge is 0.483 e. The van der Waals surface area contributed by atoms with Gasteiger partial charge in [0.05, 0.1) is 11.3 Å². The number of carbonyl (C=O) groups excluding carboxylic acids is 3. The van der Waals surface area contributed by atoms with Crippen LogP contribution in [-0.2, 0) is 9.59 Å². The summed E-state index contributed by atoms with van der Waals surface area (Å²) >= 11 is 1.26. The highest BCUT2D eigenvalue weighted by Gasteiger charge is 2.14. The Morgan fingerprint density at radius 3 is 2.38 bits per heavy atom. The van der Waals surface area contributed by atoms with Crippen molar-refractivity contribution in [2.75, 3.05) is 12.4 Å². The highest BCUT2D eigenvalue weighted by Crippen LogP contribution is 2.22. The molecular weight excluding hydrogens is 390 g/mol. The molecule has 0 saturated carbocycles. The van der Waals surface area contributed by atoms with Gasteiger partial charge in [0.25, 0.3) is 11.8 Å². The van der Waals surface area contributed by atoms with Crippen molar-refractivity contribution in [1.29, 1.82) is 0 Å². The minimum absolute atomic E-state index is 0.0544. The molecule has 0 heterocycles. The van der Waals surface area contributed by atoms with Crippen molar-refractivity contribution in [1.82, 2.24) is 16.2 Å². The molecule has 2 aromatic rings. The topological polar surface area (TPSA) is 96.5 Å². The lowest BCUT2D eigenvalue weighted by Crippen LogP contribution is -2.44. The van der Waals surface area contributed by atoms with Crippen molar-refractivity contribution in [3.8, 4) is 5.75 Å². The molecule has 0 atom stereocenters. The molecule has 3 N–H and O–H groups in total. The molecule has 0 aliphatic carbocycles. The van der Waals surface area contributed by atoms with E-state index < -0.39 is 11.8 Å². The zero-order valence-electron chi connectivity index (χ0n) is 16.7. The summed E-state index contributed by atoms with van der Waals surface area (Å²) < 4.78 is 5.44. The Morgan fingerprint density at radius 1 is 0.966 bits per heavy atom. The number of thioether (sulfide) groups is 1. The van der Waals surface area contributed by atoms with Crippen molar-refractivity contribution in [3.05, 3.63) is 59.7 Å². The molecule has 0 bridgehead atoms. The normalized spacial score (nSPS) is 10.3. The summed E-state index contributed by atoms with van der Waals surface area (Å²) in [5.74, 6) is -0.263. The van der Waals surface area contributed by atoms with Gasteiger partial charge in [0, 0.05) is 10.9 Å². The first kappa shape index (κ1) is 22.3. The number of hydrogen-bond acceptors (Lipinski definition) is 5.